The number of amidine groups is 1. The van der Waals surface area contributed by atoms with Crippen LogP contribution in [0, 0.1) is 5.82 Å². The maximum absolute atomic E-state index is 12.9. The minimum Gasteiger partial charge on any atom is -0.475 e. The molecule has 1 aliphatic heterocycles. The Hall–Kier alpha value is -3.52. The Morgan fingerprint density at radius 3 is 2.26 bits per heavy atom. The summed E-state index contributed by atoms with van der Waals surface area (Å²) >= 11 is 0. The highest BCUT2D eigenvalue weighted by molar-refractivity contribution is 7.91. The van der Waals surface area contributed by atoms with E-state index in [4.69, 9.17) is 9.90 Å². The first kappa shape index (κ1) is 31.7. The summed E-state index contributed by atoms with van der Waals surface area (Å²) in [5, 5.41) is 13.2. The maximum Gasteiger partial charge on any atom is 0.490 e. The zero-order valence-corrected chi connectivity index (χ0v) is 22.0. The topological polar surface area (TPSA) is 128 Å². The number of aliphatic imine (C=N–C) groups is 1. The van der Waals surface area contributed by atoms with Crippen LogP contribution < -0.4 is 10.6 Å². The van der Waals surface area contributed by atoms with E-state index in [-0.39, 0.29) is 16.7 Å². The van der Waals surface area contributed by atoms with Gasteiger partial charge in [-0.1, -0.05) is 24.3 Å². The van der Waals surface area contributed by atoms with E-state index in [2.05, 4.69) is 27.8 Å². The summed E-state index contributed by atoms with van der Waals surface area (Å²) in [7, 11) is -1.75. The van der Waals surface area contributed by atoms with Crippen molar-refractivity contribution in [1.29, 1.82) is 0 Å². The van der Waals surface area contributed by atoms with Crippen molar-refractivity contribution in [2.75, 3.05) is 39.1 Å². The van der Waals surface area contributed by atoms with Crippen LogP contribution in [0.4, 0.5) is 17.6 Å². The second-order valence-corrected chi connectivity index (χ2v) is 10.5. The Bertz CT molecular complexity index is 1230. The SMILES string of the molecule is CN(CCc1ccc(C2=NCCN2)cc1)C(=O)CCCNCS(=O)(=O)c1ccc(F)cc1.O=C(O)C(F)(F)F. The van der Waals surface area contributed by atoms with E-state index in [1.165, 1.54) is 12.1 Å². The van der Waals surface area contributed by atoms with Gasteiger partial charge in [0.05, 0.1) is 11.4 Å². The molecule has 1 heterocycles. The number of alkyl halides is 3. The highest BCUT2D eigenvalue weighted by atomic mass is 32.2. The van der Waals surface area contributed by atoms with Gasteiger partial charge in [0.1, 0.15) is 17.5 Å². The number of aliphatic carboxylic acids is 1. The largest absolute Gasteiger partial charge is 0.490 e. The molecule has 39 heavy (non-hydrogen) atoms. The van der Waals surface area contributed by atoms with Crippen molar-refractivity contribution in [3.63, 3.8) is 0 Å². The van der Waals surface area contributed by atoms with Crippen molar-refractivity contribution in [1.82, 2.24) is 15.5 Å². The number of amides is 1. The third-order valence-corrected chi connectivity index (χ3v) is 7.09. The molecular formula is C25H30F4N4O5S. The van der Waals surface area contributed by atoms with Crippen molar-refractivity contribution >= 4 is 27.5 Å². The van der Waals surface area contributed by atoms with Gasteiger partial charge in [-0.05, 0) is 49.2 Å². The fourth-order valence-electron chi connectivity index (χ4n) is 3.33. The lowest BCUT2D eigenvalue weighted by Gasteiger charge is -2.17. The Morgan fingerprint density at radius 1 is 1.10 bits per heavy atom. The Balaban J connectivity index is 0.000000673. The van der Waals surface area contributed by atoms with Gasteiger partial charge in [0, 0.05) is 32.1 Å². The molecule has 0 unspecified atom stereocenters. The van der Waals surface area contributed by atoms with E-state index in [1.807, 2.05) is 12.1 Å². The second kappa shape index (κ2) is 14.6. The molecule has 2 aromatic rings. The van der Waals surface area contributed by atoms with Gasteiger partial charge in [-0.25, -0.2) is 17.6 Å². The highest BCUT2D eigenvalue weighted by Crippen LogP contribution is 2.13. The molecule has 3 N–H and O–H groups in total. The predicted molar refractivity (Wildman–Crippen MR) is 137 cm³/mol. The standard InChI is InChI=1S/C23H29FN4O3S.C2HF3O2/c1-28(16-12-18-4-6-19(7-5-18)23-26-14-15-27-23)22(29)3-2-13-25-17-32(30,31)21-10-8-20(24)9-11-21;3-2(4,5)1(6)7/h4-11,25H,2-3,12-17H2,1H3,(H,26,27);(H,6,7). The number of carbonyl (C=O) groups is 2. The van der Waals surface area contributed by atoms with Crippen molar-refractivity contribution in [3.8, 4) is 0 Å². The van der Waals surface area contributed by atoms with Gasteiger partial charge in [0.15, 0.2) is 9.84 Å². The molecule has 1 amide bonds. The number of hydrogen-bond acceptors (Lipinski definition) is 7. The number of carbonyl (C=O) groups excluding carboxylic acids is 1. The molecule has 0 aromatic heterocycles. The van der Waals surface area contributed by atoms with Crippen LogP contribution in [0.2, 0.25) is 0 Å². The minimum absolute atomic E-state index is 0.0225. The average Bonchev–Trinajstić information content (AvgIpc) is 3.42. The minimum atomic E-state index is -5.08. The molecule has 0 bridgehead atoms. The van der Waals surface area contributed by atoms with E-state index >= 15 is 0 Å². The van der Waals surface area contributed by atoms with Gasteiger partial charge >= 0.3 is 12.1 Å². The number of nitrogens with one attached hydrogen (secondary N) is 2. The van der Waals surface area contributed by atoms with Gasteiger partial charge in [-0.15, -0.1) is 0 Å². The van der Waals surface area contributed by atoms with Crippen LogP contribution in [-0.4, -0.2) is 81.4 Å². The lowest BCUT2D eigenvalue weighted by molar-refractivity contribution is -0.192. The third-order valence-electron chi connectivity index (χ3n) is 5.51. The van der Waals surface area contributed by atoms with E-state index in [9.17, 15) is 30.8 Å². The molecular weight excluding hydrogens is 544 g/mol. The summed E-state index contributed by atoms with van der Waals surface area (Å²) in [4.78, 5) is 27.4. The summed E-state index contributed by atoms with van der Waals surface area (Å²) < 4.78 is 69.1. The third kappa shape index (κ3) is 11.0. The first-order valence-electron chi connectivity index (χ1n) is 11.9. The molecule has 0 radical (unpaired) electrons. The summed E-state index contributed by atoms with van der Waals surface area (Å²) in [6.07, 6.45) is -3.45. The van der Waals surface area contributed by atoms with Crippen LogP contribution in [-0.2, 0) is 25.8 Å². The number of carboxylic acids is 1. The number of likely N-dealkylation sites (N-methyl/N-ethyl adjacent to an activating group) is 1. The molecule has 14 heteroatoms. The zero-order chi connectivity index (χ0) is 29.1. The van der Waals surface area contributed by atoms with E-state index in [0.717, 1.165) is 48.6 Å². The Kier molecular flexibility index (Phi) is 11.9. The van der Waals surface area contributed by atoms with E-state index < -0.39 is 27.8 Å². The first-order valence-corrected chi connectivity index (χ1v) is 13.6. The maximum atomic E-state index is 12.9. The molecule has 0 spiro atoms. The van der Waals surface area contributed by atoms with Gasteiger partial charge in [0.25, 0.3) is 0 Å². The van der Waals surface area contributed by atoms with Crippen LogP contribution in [0.15, 0.2) is 58.4 Å². The monoisotopic (exact) mass is 574 g/mol. The molecule has 2 aromatic carbocycles. The predicted octanol–water partition coefficient (Wildman–Crippen LogP) is 2.61. The molecule has 1 aliphatic rings. The van der Waals surface area contributed by atoms with Crippen LogP contribution in [0.25, 0.3) is 0 Å². The Labute approximate surface area is 223 Å². The molecule has 9 nitrogen and oxygen atoms in total. The molecule has 3 rings (SSSR count). The van der Waals surface area contributed by atoms with Gasteiger partial charge in [-0.2, -0.15) is 13.2 Å². The number of nitrogens with zero attached hydrogens (tertiary/aromatic N) is 2. The van der Waals surface area contributed by atoms with E-state index in [1.54, 1.807) is 11.9 Å². The fraction of sp³-hybridized carbons (Fsp3) is 0.400. The number of hydrogen-bond donors (Lipinski definition) is 3. The van der Waals surface area contributed by atoms with Crippen LogP contribution in [0.5, 0.6) is 0 Å². The fourth-order valence-corrected chi connectivity index (χ4v) is 4.46. The first-order chi connectivity index (χ1) is 18.3. The van der Waals surface area contributed by atoms with Gasteiger partial charge in [0.2, 0.25) is 5.91 Å². The summed E-state index contributed by atoms with van der Waals surface area (Å²) in [5.74, 6) is -2.53. The lowest BCUT2D eigenvalue weighted by Crippen LogP contribution is -2.30. The van der Waals surface area contributed by atoms with Crippen molar-refractivity contribution < 1.29 is 40.7 Å². The van der Waals surface area contributed by atoms with Gasteiger partial charge < -0.3 is 20.6 Å². The normalized spacial score (nSPS) is 13.1. The molecule has 0 saturated carbocycles. The second-order valence-electron chi connectivity index (χ2n) is 8.54. The molecule has 214 valence electrons. The summed E-state index contributed by atoms with van der Waals surface area (Å²) in [5.41, 5.74) is 2.23. The molecule has 0 atom stereocenters. The van der Waals surface area contributed by atoms with Gasteiger partial charge in [-0.3, -0.25) is 9.79 Å². The highest BCUT2D eigenvalue weighted by Gasteiger charge is 2.38. The van der Waals surface area contributed by atoms with Crippen molar-refractivity contribution in [2.24, 2.45) is 4.99 Å². The Morgan fingerprint density at radius 2 is 1.72 bits per heavy atom. The number of halogens is 4. The van der Waals surface area contributed by atoms with Crippen LogP contribution in [0.1, 0.15) is 24.0 Å². The van der Waals surface area contributed by atoms with Crippen molar-refractivity contribution in [3.05, 3.63) is 65.5 Å². The smallest absolute Gasteiger partial charge is 0.475 e. The zero-order valence-electron chi connectivity index (χ0n) is 21.2. The summed E-state index contributed by atoms with van der Waals surface area (Å²) in [6, 6.07) is 12.9. The quantitative estimate of drug-likeness (QED) is 0.214. The lowest BCUT2D eigenvalue weighted by atomic mass is 10.1. The molecule has 0 aliphatic carbocycles. The average molecular weight is 575 g/mol. The molecule has 0 fully saturated rings. The van der Waals surface area contributed by atoms with Crippen molar-refractivity contribution in [2.45, 2.75) is 30.3 Å². The summed E-state index contributed by atoms with van der Waals surface area (Å²) in [6.45, 7) is 2.70. The van der Waals surface area contributed by atoms with Crippen LogP contribution in [0.3, 0.4) is 0 Å². The van der Waals surface area contributed by atoms with Crippen LogP contribution >= 0.6 is 0 Å². The number of sulfone groups is 1. The number of benzene rings is 2. The number of carboxylic acid groups (broad SMARTS) is 1. The van der Waals surface area contributed by atoms with E-state index in [0.29, 0.717) is 25.9 Å². The number of rotatable bonds is 11. The molecule has 0 saturated heterocycles.